The van der Waals surface area contributed by atoms with E-state index in [1.807, 2.05) is 0 Å². The van der Waals surface area contributed by atoms with Crippen LogP contribution in [0.15, 0.2) is 18.2 Å². The van der Waals surface area contributed by atoms with Crippen molar-refractivity contribution in [3.05, 3.63) is 29.8 Å². The predicted octanol–water partition coefficient (Wildman–Crippen LogP) is 1.52. The number of likely N-dealkylation sites (N-methyl/N-ethyl adjacent to an activating group) is 1. The van der Waals surface area contributed by atoms with Gasteiger partial charge in [0.1, 0.15) is 11.6 Å². The van der Waals surface area contributed by atoms with Gasteiger partial charge in [0.2, 0.25) is 11.8 Å². The van der Waals surface area contributed by atoms with Crippen LogP contribution in [0.1, 0.15) is 12.8 Å². The van der Waals surface area contributed by atoms with Gasteiger partial charge in [0, 0.05) is 25.2 Å². The Morgan fingerprint density at radius 3 is 2.33 bits per heavy atom. The molecule has 0 aromatic heterocycles. The van der Waals surface area contributed by atoms with Crippen molar-refractivity contribution in [3.8, 4) is 0 Å². The molecule has 0 aliphatic carbocycles. The Morgan fingerprint density at radius 1 is 1.24 bits per heavy atom. The van der Waals surface area contributed by atoms with Gasteiger partial charge in [-0.15, -0.1) is 12.4 Å². The first-order valence-electron chi connectivity index (χ1n) is 6.12. The third-order valence-corrected chi connectivity index (χ3v) is 2.55. The molecule has 1 aromatic rings. The topological polar surface area (TPSA) is 75.4 Å². The summed E-state index contributed by atoms with van der Waals surface area (Å²) in [5, 5.41) is 2.33. The number of rotatable bonds is 6. The molecule has 8 heteroatoms. The second kappa shape index (κ2) is 9.25. The summed E-state index contributed by atoms with van der Waals surface area (Å²) in [7, 11) is 1.48. The Balaban J connectivity index is 0.00000400. The largest absolute Gasteiger partial charge is 0.336 e. The van der Waals surface area contributed by atoms with Crippen LogP contribution in [0, 0.1) is 11.6 Å². The van der Waals surface area contributed by atoms with Crippen molar-refractivity contribution >= 4 is 29.9 Å². The fourth-order valence-electron chi connectivity index (χ4n) is 1.57. The van der Waals surface area contributed by atoms with E-state index in [9.17, 15) is 18.4 Å². The first-order valence-corrected chi connectivity index (χ1v) is 6.12. The standard InChI is InChI=1S/C13H17F2N3O2.ClH/c1-18(13(20)3-2-4-16)8-12(19)17-11-6-9(14)5-10(15)7-11;/h5-7H,2-4,8,16H2,1H3,(H,17,19);1H. The van der Waals surface area contributed by atoms with Gasteiger partial charge in [0.25, 0.3) is 0 Å². The van der Waals surface area contributed by atoms with Crippen LogP contribution >= 0.6 is 12.4 Å². The van der Waals surface area contributed by atoms with Crippen molar-refractivity contribution in [1.82, 2.24) is 4.90 Å². The number of amides is 2. The quantitative estimate of drug-likeness (QED) is 0.834. The van der Waals surface area contributed by atoms with Gasteiger partial charge < -0.3 is 16.0 Å². The monoisotopic (exact) mass is 321 g/mol. The number of hydrogen-bond donors (Lipinski definition) is 2. The van der Waals surface area contributed by atoms with E-state index < -0.39 is 17.5 Å². The Labute approximate surface area is 127 Å². The van der Waals surface area contributed by atoms with Crippen molar-refractivity contribution in [2.45, 2.75) is 12.8 Å². The summed E-state index contributed by atoms with van der Waals surface area (Å²) in [5.74, 6) is -2.31. The van der Waals surface area contributed by atoms with Gasteiger partial charge in [-0.25, -0.2) is 8.78 Å². The SMILES string of the molecule is CN(CC(=O)Nc1cc(F)cc(F)c1)C(=O)CCCN.Cl. The van der Waals surface area contributed by atoms with E-state index in [2.05, 4.69) is 5.32 Å². The third kappa shape index (κ3) is 7.01. The summed E-state index contributed by atoms with van der Waals surface area (Å²) < 4.78 is 25.9. The summed E-state index contributed by atoms with van der Waals surface area (Å²) >= 11 is 0. The number of nitrogens with zero attached hydrogens (tertiary/aromatic N) is 1. The number of anilines is 1. The number of halogens is 3. The van der Waals surface area contributed by atoms with Crippen molar-refractivity contribution < 1.29 is 18.4 Å². The van der Waals surface area contributed by atoms with E-state index in [0.717, 1.165) is 12.1 Å². The summed E-state index contributed by atoms with van der Waals surface area (Å²) in [5.41, 5.74) is 5.30. The highest BCUT2D eigenvalue weighted by atomic mass is 35.5. The van der Waals surface area contributed by atoms with Gasteiger partial charge in [-0.1, -0.05) is 0 Å². The zero-order chi connectivity index (χ0) is 15.1. The number of carbonyl (C=O) groups excluding carboxylic acids is 2. The van der Waals surface area contributed by atoms with Crippen molar-refractivity contribution in [1.29, 1.82) is 0 Å². The Bertz CT molecular complexity index is 480. The molecule has 1 rings (SSSR count). The lowest BCUT2D eigenvalue weighted by Gasteiger charge is -2.16. The predicted molar refractivity (Wildman–Crippen MR) is 78.2 cm³/mol. The molecule has 0 aliphatic rings. The summed E-state index contributed by atoms with van der Waals surface area (Å²) in [6.45, 7) is 0.204. The molecule has 0 fully saturated rings. The van der Waals surface area contributed by atoms with Crippen LogP contribution in [0.4, 0.5) is 14.5 Å². The molecule has 5 nitrogen and oxygen atoms in total. The van der Waals surface area contributed by atoms with Crippen LogP contribution in [-0.2, 0) is 9.59 Å². The first kappa shape index (κ1) is 19.3. The van der Waals surface area contributed by atoms with E-state index in [1.165, 1.54) is 11.9 Å². The summed E-state index contributed by atoms with van der Waals surface area (Å²) in [6, 6.07) is 2.70. The van der Waals surface area contributed by atoms with Crippen LogP contribution in [0.5, 0.6) is 0 Å². The molecule has 0 atom stereocenters. The Kier molecular flexibility index (Phi) is 8.49. The molecule has 0 saturated heterocycles. The average molecular weight is 322 g/mol. The van der Waals surface area contributed by atoms with E-state index >= 15 is 0 Å². The molecule has 0 bridgehead atoms. The normalized spacial score (nSPS) is 9.71. The van der Waals surface area contributed by atoms with Gasteiger partial charge in [-0.2, -0.15) is 0 Å². The van der Waals surface area contributed by atoms with Gasteiger partial charge in [0.05, 0.1) is 6.54 Å². The van der Waals surface area contributed by atoms with Gasteiger partial charge >= 0.3 is 0 Å². The lowest BCUT2D eigenvalue weighted by atomic mass is 10.2. The maximum Gasteiger partial charge on any atom is 0.243 e. The fourth-order valence-corrected chi connectivity index (χ4v) is 1.57. The third-order valence-electron chi connectivity index (χ3n) is 2.55. The zero-order valence-electron chi connectivity index (χ0n) is 11.6. The Hall–Kier alpha value is -1.73. The fraction of sp³-hybridized carbons (Fsp3) is 0.385. The number of nitrogens with two attached hydrogens (primary N) is 1. The van der Waals surface area contributed by atoms with Crippen LogP contribution in [0.25, 0.3) is 0 Å². The van der Waals surface area contributed by atoms with Crippen molar-refractivity contribution in [2.75, 3.05) is 25.5 Å². The second-order valence-corrected chi connectivity index (χ2v) is 4.35. The molecule has 0 radical (unpaired) electrons. The highest BCUT2D eigenvalue weighted by Crippen LogP contribution is 2.12. The highest BCUT2D eigenvalue weighted by Gasteiger charge is 2.13. The van der Waals surface area contributed by atoms with Gasteiger partial charge in [-0.3, -0.25) is 9.59 Å². The van der Waals surface area contributed by atoms with Crippen LogP contribution in [-0.4, -0.2) is 36.9 Å². The Morgan fingerprint density at radius 2 is 1.81 bits per heavy atom. The summed E-state index contributed by atoms with van der Waals surface area (Å²) in [4.78, 5) is 24.5. The van der Waals surface area contributed by atoms with Crippen LogP contribution < -0.4 is 11.1 Å². The molecular formula is C13H18ClF2N3O2. The van der Waals surface area contributed by atoms with Crippen molar-refractivity contribution in [3.63, 3.8) is 0 Å². The molecule has 118 valence electrons. The molecule has 3 N–H and O–H groups in total. The van der Waals surface area contributed by atoms with E-state index in [-0.39, 0.29) is 37.0 Å². The second-order valence-electron chi connectivity index (χ2n) is 4.35. The van der Waals surface area contributed by atoms with Crippen molar-refractivity contribution in [2.24, 2.45) is 5.73 Å². The molecule has 1 aromatic carbocycles. The minimum atomic E-state index is -0.785. The zero-order valence-corrected chi connectivity index (χ0v) is 12.4. The van der Waals surface area contributed by atoms with Crippen LogP contribution in [0.2, 0.25) is 0 Å². The molecule has 0 heterocycles. The van der Waals surface area contributed by atoms with Crippen LogP contribution in [0.3, 0.4) is 0 Å². The summed E-state index contributed by atoms with van der Waals surface area (Å²) in [6.07, 6.45) is 0.800. The molecule has 0 aliphatic heterocycles. The molecule has 0 saturated carbocycles. The van der Waals surface area contributed by atoms with Gasteiger partial charge in [0.15, 0.2) is 0 Å². The molecule has 0 spiro atoms. The average Bonchev–Trinajstić information content (AvgIpc) is 2.34. The number of carbonyl (C=O) groups is 2. The smallest absolute Gasteiger partial charge is 0.243 e. The highest BCUT2D eigenvalue weighted by molar-refractivity contribution is 5.94. The molecular weight excluding hydrogens is 304 g/mol. The lowest BCUT2D eigenvalue weighted by Crippen LogP contribution is -2.35. The van der Waals surface area contributed by atoms with E-state index in [1.54, 1.807) is 0 Å². The minimum Gasteiger partial charge on any atom is -0.336 e. The molecule has 2 amide bonds. The van der Waals surface area contributed by atoms with E-state index in [4.69, 9.17) is 5.73 Å². The van der Waals surface area contributed by atoms with Gasteiger partial charge in [-0.05, 0) is 25.1 Å². The molecule has 0 unspecified atom stereocenters. The first-order chi connectivity index (χ1) is 9.42. The molecule has 21 heavy (non-hydrogen) atoms. The maximum absolute atomic E-state index is 12.9. The maximum atomic E-state index is 12.9. The number of hydrogen-bond acceptors (Lipinski definition) is 3. The minimum absolute atomic E-state index is 0. The lowest BCUT2D eigenvalue weighted by molar-refractivity contribution is -0.133. The van der Waals surface area contributed by atoms with E-state index in [0.29, 0.717) is 19.0 Å². The number of benzene rings is 1. The number of nitrogens with one attached hydrogen (secondary N) is 1.